The Kier molecular flexibility index (Phi) is 2.41. The van der Waals surface area contributed by atoms with Crippen molar-refractivity contribution >= 4 is 5.78 Å². The van der Waals surface area contributed by atoms with Crippen LogP contribution in [0.4, 0.5) is 0 Å². The molecule has 2 fully saturated rings. The summed E-state index contributed by atoms with van der Waals surface area (Å²) in [5.74, 6) is 0.651. The van der Waals surface area contributed by atoms with E-state index in [2.05, 4.69) is 0 Å². The summed E-state index contributed by atoms with van der Waals surface area (Å²) >= 11 is 0. The molecule has 2 aliphatic carbocycles. The molecule has 0 aromatic rings. The summed E-state index contributed by atoms with van der Waals surface area (Å²) in [5, 5.41) is 9.14. The predicted octanol–water partition coefficient (Wildman–Crippen LogP) is 1.91. The maximum atomic E-state index is 12.0. The summed E-state index contributed by atoms with van der Waals surface area (Å²) in [6.07, 6.45) is 7.70. The SMILES string of the molecule is O=C(C1CCCCC1)C1(CO)CC1. The Balaban J connectivity index is 1.95. The number of aliphatic hydroxyl groups is 1. The highest BCUT2D eigenvalue weighted by Gasteiger charge is 2.50. The molecule has 0 spiro atoms. The smallest absolute Gasteiger partial charge is 0.144 e. The lowest BCUT2D eigenvalue weighted by molar-refractivity contribution is -0.130. The van der Waals surface area contributed by atoms with Gasteiger partial charge in [0.1, 0.15) is 5.78 Å². The first-order valence-corrected chi connectivity index (χ1v) is 5.44. The van der Waals surface area contributed by atoms with Crippen molar-refractivity contribution < 1.29 is 9.90 Å². The van der Waals surface area contributed by atoms with Crippen molar-refractivity contribution in [3.05, 3.63) is 0 Å². The first kappa shape index (κ1) is 9.20. The van der Waals surface area contributed by atoms with Crippen LogP contribution in [-0.2, 0) is 4.79 Å². The minimum atomic E-state index is -0.276. The average molecular weight is 182 g/mol. The summed E-state index contributed by atoms with van der Waals surface area (Å²) in [6, 6.07) is 0. The van der Waals surface area contributed by atoms with E-state index < -0.39 is 0 Å². The molecule has 74 valence electrons. The Hall–Kier alpha value is -0.370. The third-order valence-electron chi connectivity index (χ3n) is 3.65. The maximum absolute atomic E-state index is 12.0. The van der Waals surface area contributed by atoms with Crippen LogP contribution in [0.25, 0.3) is 0 Å². The second-order valence-corrected chi connectivity index (χ2v) is 4.64. The monoisotopic (exact) mass is 182 g/mol. The summed E-state index contributed by atoms with van der Waals surface area (Å²) in [6.45, 7) is 0.0856. The molecule has 0 atom stereocenters. The number of rotatable bonds is 3. The molecule has 0 saturated heterocycles. The minimum absolute atomic E-state index is 0.0856. The Labute approximate surface area is 79.3 Å². The molecule has 2 nitrogen and oxygen atoms in total. The van der Waals surface area contributed by atoms with Crippen LogP contribution in [0.2, 0.25) is 0 Å². The first-order chi connectivity index (χ1) is 6.28. The second kappa shape index (κ2) is 3.41. The van der Waals surface area contributed by atoms with Gasteiger partial charge in [-0.3, -0.25) is 4.79 Å². The van der Waals surface area contributed by atoms with Gasteiger partial charge in [0.2, 0.25) is 0 Å². The highest BCUT2D eigenvalue weighted by molar-refractivity contribution is 5.89. The van der Waals surface area contributed by atoms with Gasteiger partial charge in [0.05, 0.1) is 12.0 Å². The van der Waals surface area contributed by atoms with Gasteiger partial charge in [0, 0.05) is 5.92 Å². The molecule has 0 aromatic heterocycles. The fraction of sp³-hybridized carbons (Fsp3) is 0.909. The Bertz CT molecular complexity index is 200. The lowest BCUT2D eigenvalue weighted by atomic mass is 9.80. The summed E-state index contributed by atoms with van der Waals surface area (Å²) in [5.41, 5.74) is -0.276. The highest BCUT2D eigenvalue weighted by atomic mass is 16.3. The van der Waals surface area contributed by atoms with Crippen LogP contribution >= 0.6 is 0 Å². The van der Waals surface area contributed by atoms with Crippen LogP contribution in [0.1, 0.15) is 44.9 Å². The third-order valence-corrected chi connectivity index (χ3v) is 3.65. The van der Waals surface area contributed by atoms with E-state index in [1.54, 1.807) is 0 Å². The Morgan fingerprint density at radius 3 is 2.31 bits per heavy atom. The number of carbonyl (C=O) groups excluding carboxylic acids is 1. The summed E-state index contributed by atoms with van der Waals surface area (Å²) in [4.78, 5) is 12.0. The molecule has 13 heavy (non-hydrogen) atoms. The minimum Gasteiger partial charge on any atom is -0.395 e. The molecule has 0 radical (unpaired) electrons. The number of carbonyl (C=O) groups is 1. The van der Waals surface area contributed by atoms with Crippen LogP contribution in [0.5, 0.6) is 0 Å². The van der Waals surface area contributed by atoms with Crippen LogP contribution in [0.3, 0.4) is 0 Å². The fourth-order valence-corrected chi connectivity index (χ4v) is 2.43. The molecule has 0 bridgehead atoms. The van der Waals surface area contributed by atoms with E-state index in [4.69, 9.17) is 5.11 Å². The van der Waals surface area contributed by atoms with E-state index in [-0.39, 0.29) is 17.9 Å². The van der Waals surface area contributed by atoms with Gasteiger partial charge in [0.15, 0.2) is 0 Å². The zero-order valence-corrected chi connectivity index (χ0v) is 8.09. The fourth-order valence-electron chi connectivity index (χ4n) is 2.43. The largest absolute Gasteiger partial charge is 0.395 e. The van der Waals surface area contributed by atoms with Gasteiger partial charge in [-0.15, -0.1) is 0 Å². The van der Waals surface area contributed by atoms with Gasteiger partial charge >= 0.3 is 0 Å². The van der Waals surface area contributed by atoms with Gasteiger partial charge in [-0.25, -0.2) is 0 Å². The molecule has 2 heteroatoms. The third kappa shape index (κ3) is 1.64. The van der Waals surface area contributed by atoms with Gasteiger partial charge < -0.3 is 5.11 Å². The van der Waals surface area contributed by atoms with Gasteiger partial charge in [-0.05, 0) is 25.7 Å². The van der Waals surface area contributed by atoms with E-state index in [0.717, 1.165) is 25.7 Å². The van der Waals surface area contributed by atoms with Crippen LogP contribution in [0, 0.1) is 11.3 Å². The van der Waals surface area contributed by atoms with Crippen molar-refractivity contribution in [3.8, 4) is 0 Å². The summed E-state index contributed by atoms with van der Waals surface area (Å²) in [7, 11) is 0. The van der Waals surface area contributed by atoms with E-state index in [9.17, 15) is 4.79 Å². The number of Topliss-reactive ketones (excluding diaryl/α,β-unsaturated/α-hetero) is 1. The average Bonchev–Trinajstić information content (AvgIpc) is 2.99. The molecular weight excluding hydrogens is 164 g/mol. The Morgan fingerprint density at radius 2 is 1.85 bits per heavy atom. The molecule has 1 N–H and O–H groups in total. The molecule has 2 saturated carbocycles. The van der Waals surface area contributed by atoms with Crippen molar-refractivity contribution in [2.75, 3.05) is 6.61 Å². The zero-order valence-electron chi connectivity index (χ0n) is 8.09. The molecule has 2 rings (SSSR count). The molecule has 0 unspecified atom stereocenters. The number of aliphatic hydroxyl groups excluding tert-OH is 1. The number of ketones is 1. The molecular formula is C11H18O2. The zero-order chi connectivity index (χ0) is 9.31. The second-order valence-electron chi connectivity index (χ2n) is 4.64. The van der Waals surface area contributed by atoms with Crippen LogP contribution < -0.4 is 0 Å². The highest BCUT2D eigenvalue weighted by Crippen LogP contribution is 2.49. The van der Waals surface area contributed by atoms with E-state index >= 15 is 0 Å². The van der Waals surface area contributed by atoms with Gasteiger partial charge in [-0.1, -0.05) is 19.3 Å². The van der Waals surface area contributed by atoms with E-state index in [1.807, 2.05) is 0 Å². The standard InChI is InChI=1S/C11H18O2/c12-8-11(6-7-11)10(13)9-4-2-1-3-5-9/h9,12H,1-8H2. The number of hydrogen-bond acceptors (Lipinski definition) is 2. The quantitative estimate of drug-likeness (QED) is 0.724. The first-order valence-electron chi connectivity index (χ1n) is 5.44. The molecule has 2 aliphatic rings. The van der Waals surface area contributed by atoms with Crippen molar-refractivity contribution in [2.24, 2.45) is 11.3 Å². The van der Waals surface area contributed by atoms with Gasteiger partial charge in [-0.2, -0.15) is 0 Å². The molecule has 0 amide bonds. The van der Waals surface area contributed by atoms with Crippen molar-refractivity contribution in [3.63, 3.8) is 0 Å². The number of hydrogen-bond donors (Lipinski definition) is 1. The molecule has 0 aliphatic heterocycles. The van der Waals surface area contributed by atoms with Crippen LogP contribution in [-0.4, -0.2) is 17.5 Å². The van der Waals surface area contributed by atoms with Crippen LogP contribution in [0.15, 0.2) is 0 Å². The molecule has 0 aromatic carbocycles. The normalized spacial score (nSPS) is 27.2. The van der Waals surface area contributed by atoms with Gasteiger partial charge in [0.25, 0.3) is 0 Å². The lowest BCUT2D eigenvalue weighted by Gasteiger charge is -2.23. The maximum Gasteiger partial charge on any atom is 0.144 e. The van der Waals surface area contributed by atoms with Crippen molar-refractivity contribution in [1.82, 2.24) is 0 Å². The Morgan fingerprint density at radius 1 is 1.23 bits per heavy atom. The van der Waals surface area contributed by atoms with E-state index in [1.165, 1.54) is 19.3 Å². The summed E-state index contributed by atoms with van der Waals surface area (Å²) < 4.78 is 0. The molecule has 0 heterocycles. The topological polar surface area (TPSA) is 37.3 Å². The lowest BCUT2D eigenvalue weighted by Crippen LogP contribution is -2.29. The van der Waals surface area contributed by atoms with Crippen molar-refractivity contribution in [2.45, 2.75) is 44.9 Å². The van der Waals surface area contributed by atoms with E-state index in [0.29, 0.717) is 5.78 Å². The van der Waals surface area contributed by atoms with Crippen molar-refractivity contribution in [1.29, 1.82) is 0 Å². The predicted molar refractivity (Wildman–Crippen MR) is 50.3 cm³/mol.